The molecule has 0 radical (unpaired) electrons. The van der Waals surface area contributed by atoms with Gasteiger partial charge in [0, 0.05) is 24.9 Å². The molecule has 0 atom stereocenters. The van der Waals surface area contributed by atoms with E-state index in [0.29, 0.717) is 24.2 Å². The minimum atomic E-state index is -4.86. The Morgan fingerprint density at radius 2 is 1.82 bits per heavy atom. The van der Waals surface area contributed by atoms with Crippen LogP contribution in [0.4, 0.5) is 13.2 Å². The Kier molecular flexibility index (Phi) is 4.23. The summed E-state index contributed by atoms with van der Waals surface area (Å²) in [5.74, 6) is -0.153. The van der Waals surface area contributed by atoms with Gasteiger partial charge in [-0.1, -0.05) is 18.2 Å². The molecule has 0 saturated heterocycles. The number of nitrogens with one attached hydrogen (secondary N) is 2. The normalized spacial score (nSPS) is 14.3. The van der Waals surface area contributed by atoms with Crippen LogP contribution in [0.3, 0.4) is 0 Å². The number of benzene rings is 2. The highest BCUT2D eigenvalue weighted by atomic mass is 32.2. The fraction of sp³-hybridized carbons (Fsp3) is 0.235. The molecule has 2 aromatic carbocycles. The molecule has 28 heavy (non-hydrogen) atoms. The minimum Gasteiger partial charge on any atom is -0.309 e. The Morgan fingerprint density at radius 3 is 2.46 bits per heavy atom. The van der Waals surface area contributed by atoms with E-state index < -0.39 is 26.5 Å². The quantitative estimate of drug-likeness (QED) is 0.690. The third kappa shape index (κ3) is 3.16. The van der Waals surface area contributed by atoms with Crippen molar-refractivity contribution in [3.05, 3.63) is 47.0 Å². The van der Waals surface area contributed by atoms with E-state index in [9.17, 15) is 21.6 Å². The lowest BCUT2D eigenvalue weighted by Crippen LogP contribution is -2.15. The van der Waals surface area contributed by atoms with Crippen molar-refractivity contribution >= 4 is 9.84 Å². The lowest BCUT2D eigenvalue weighted by atomic mass is 9.94. The van der Waals surface area contributed by atoms with Crippen LogP contribution in [-0.4, -0.2) is 35.3 Å². The van der Waals surface area contributed by atoms with E-state index in [1.165, 1.54) is 6.07 Å². The number of sulfone groups is 1. The van der Waals surface area contributed by atoms with Gasteiger partial charge in [-0.25, -0.2) is 13.5 Å². The highest BCUT2D eigenvalue weighted by molar-refractivity contribution is 7.91. The van der Waals surface area contributed by atoms with Crippen molar-refractivity contribution in [2.75, 3.05) is 6.26 Å². The zero-order valence-electron chi connectivity index (χ0n) is 14.5. The fourth-order valence-electron chi connectivity index (χ4n) is 3.39. The van der Waals surface area contributed by atoms with Gasteiger partial charge in [-0.3, -0.25) is 0 Å². The molecule has 0 spiro atoms. The average Bonchev–Trinajstić information content (AvgIpc) is 3.29. The van der Waals surface area contributed by atoms with Gasteiger partial charge in [0.15, 0.2) is 15.7 Å². The summed E-state index contributed by atoms with van der Waals surface area (Å²) in [6.07, 6.45) is -4.12. The molecule has 0 fully saturated rings. The number of halogens is 3. The number of hydrogen-bond acceptors (Lipinski definition) is 6. The van der Waals surface area contributed by atoms with Crippen molar-refractivity contribution in [1.82, 2.24) is 25.9 Å². The number of aromatic nitrogens is 4. The van der Waals surface area contributed by atoms with Crippen molar-refractivity contribution < 1.29 is 21.6 Å². The number of rotatable bonds is 3. The predicted octanol–water partition coefficient (Wildman–Crippen LogP) is 2.56. The molecule has 0 bridgehead atoms. The maximum absolute atomic E-state index is 13.6. The average molecular weight is 409 g/mol. The van der Waals surface area contributed by atoms with E-state index in [1.54, 1.807) is 6.07 Å². The second kappa shape index (κ2) is 6.38. The molecule has 0 aliphatic carbocycles. The van der Waals surface area contributed by atoms with Crippen LogP contribution in [0.1, 0.15) is 16.7 Å². The third-order valence-electron chi connectivity index (χ3n) is 4.56. The van der Waals surface area contributed by atoms with Gasteiger partial charge in [0.1, 0.15) is 0 Å². The molecule has 0 saturated carbocycles. The Hall–Kier alpha value is -2.79. The molecule has 2 N–H and O–H groups in total. The fourth-order valence-corrected chi connectivity index (χ4v) is 4.55. The van der Waals surface area contributed by atoms with Gasteiger partial charge in [-0.2, -0.15) is 13.2 Å². The highest BCUT2D eigenvalue weighted by Gasteiger charge is 2.39. The lowest BCUT2D eigenvalue weighted by molar-refractivity contribution is -0.139. The van der Waals surface area contributed by atoms with Crippen LogP contribution in [0.25, 0.3) is 22.5 Å². The van der Waals surface area contributed by atoms with Crippen LogP contribution in [-0.2, 0) is 29.1 Å². The predicted molar refractivity (Wildman–Crippen MR) is 93.7 cm³/mol. The Balaban J connectivity index is 2.08. The monoisotopic (exact) mass is 409 g/mol. The number of nitrogens with zero attached hydrogens (tertiary/aromatic N) is 3. The molecule has 0 unspecified atom stereocenters. The van der Waals surface area contributed by atoms with Gasteiger partial charge >= 0.3 is 6.18 Å². The van der Waals surface area contributed by atoms with E-state index in [4.69, 9.17) is 0 Å². The maximum atomic E-state index is 13.6. The molecular formula is C17H14F3N5O2S. The van der Waals surface area contributed by atoms with E-state index in [2.05, 4.69) is 25.9 Å². The van der Waals surface area contributed by atoms with Crippen LogP contribution in [0.2, 0.25) is 0 Å². The maximum Gasteiger partial charge on any atom is 0.417 e. The molecule has 7 nitrogen and oxygen atoms in total. The lowest BCUT2D eigenvalue weighted by Gasteiger charge is -2.18. The Labute approximate surface area is 157 Å². The minimum absolute atomic E-state index is 0.153. The first-order valence-electron chi connectivity index (χ1n) is 8.17. The van der Waals surface area contributed by atoms with Crippen LogP contribution in [0, 0.1) is 0 Å². The van der Waals surface area contributed by atoms with Crippen molar-refractivity contribution in [2.45, 2.75) is 24.2 Å². The topological polar surface area (TPSA) is 101 Å². The van der Waals surface area contributed by atoms with E-state index in [0.717, 1.165) is 23.4 Å². The van der Waals surface area contributed by atoms with Crippen molar-refractivity contribution in [3.63, 3.8) is 0 Å². The van der Waals surface area contributed by atoms with Crippen molar-refractivity contribution in [1.29, 1.82) is 0 Å². The van der Waals surface area contributed by atoms with Gasteiger partial charge in [0.25, 0.3) is 0 Å². The summed E-state index contributed by atoms with van der Waals surface area (Å²) in [5.41, 5.74) is 1.50. The Morgan fingerprint density at radius 1 is 1.07 bits per heavy atom. The van der Waals surface area contributed by atoms with Gasteiger partial charge in [-0.05, 0) is 44.8 Å². The largest absolute Gasteiger partial charge is 0.417 e. The molecule has 4 rings (SSSR count). The van der Waals surface area contributed by atoms with Crippen LogP contribution in [0.15, 0.2) is 35.2 Å². The summed E-state index contributed by atoms with van der Waals surface area (Å²) in [6.45, 7) is 1.33. The zero-order chi connectivity index (χ0) is 20.1. The summed E-state index contributed by atoms with van der Waals surface area (Å²) < 4.78 is 65.5. The summed E-state index contributed by atoms with van der Waals surface area (Å²) in [7, 11) is -4.26. The number of fused-ring (bicyclic) bond motifs is 1. The van der Waals surface area contributed by atoms with E-state index >= 15 is 0 Å². The van der Waals surface area contributed by atoms with Gasteiger partial charge < -0.3 is 5.32 Å². The first kappa shape index (κ1) is 18.6. The number of H-pyrrole nitrogens is 1. The van der Waals surface area contributed by atoms with Crippen LogP contribution < -0.4 is 5.32 Å². The van der Waals surface area contributed by atoms with Gasteiger partial charge in [0.05, 0.1) is 10.5 Å². The molecule has 1 aliphatic heterocycles. The first-order valence-corrected chi connectivity index (χ1v) is 10.1. The first-order chi connectivity index (χ1) is 13.2. The Bertz CT molecular complexity index is 1160. The van der Waals surface area contributed by atoms with Crippen molar-refractivity contribution in [2.24, 2.45) is 0 Å². The smallest absolute Gasteiger partial charge is 0.309 e. The third-order valence-corrected chi connectivity index (χ3v) is 5.73. The number of hydrogen-bond donors (Lipinski definition) is 2. The van der Waals surface area contributed by atoms with E-state index in [-0.39, 0.29) is 11.4 Å². The SMILES string of the molecule is CS(=O)(=O)c1c(C(F)(F)F)ccc(-c2ccc3c(c2)CNC3)c1-c1nnn[nH]1. The van der Waals surface area contributed by atoms with E-state index in [1.807, 2.05) is 12.1 Å². The molecule has 146 valence electrons. The molecule has 1 aliphatic rings. The number of tetrazole rings is 1. The summed E-state index contributed by atoms with van der Waals surface area (Å²) in [6, 6.07) is 7.47. The summed E-state index contributed by atoms with van der Waals surface area (Å²) in [5, 5.41) is 16.1. The molecule has 11 heteroatoms. The molecule has 0 amide bonds. The van der Waals surface area contributed by atoms with Crippen molar-refractivity contribution in [3.8, 4) is 22.5 Å². The second-order valence-electron chi connectivity index (χ2n) is 6.47. The summed E-state index contributed by atoms with van der Waals surface area (Å²) in [4.78, 5) is -0.852. The van der Waals surface area contributed by atoms with Crippen LogP contribution >= 0.6 is 0 Å². The molecule has 2 heterocycles. The molecule has 3 aromatic rings. The van der Waals surface area contributed by atoms with Gasteiger partial charge in [0.2, 0.25) is 0 Å². The molecular weight excluding hydrogens is 395 g/mol. The highest BCUT2D eigenvalue weighted by Crippen LogP contribution is 2.43. The molecule has 1 aromatic heterocycles. The standard InChI is InChI=1S/C17H14F3N5O2S/c1-28(26,27)15-13(17(18,19)20)5-4-12(14(15)16-22-24-25-23-16)9-2-3-10-7-21-8-11(10)6-9/h2-6,21H,7-8H2,1H3,(H,22,23,24,25). The number of aromatic amines is 1. The summed E-state index contributed by atoms with van der Waals surface area (Å²) >= 11 is 0. The number of alkyl halides is 3. The zero-order valence-corrected chi connectivity index (χ0v) is 15.3. The van der Waals surface area contributed by atoms with Gasteiger partial charge in [-0.15, -0.1) is 5.10 Å². The second-order valence-corrected chi connectivity index (χ2v) is 8.42. The van der Waals surface area contributed by atoms with Crippen LogP contribution in [0.5, 0.6) is 0 Å².